The molecule has 0 aliphatic carbocycles. The summed E-state index contributed by atoms with van der Waals surface area (Å²) < 4.78 is 8.14. The van der Waals surface area contributed by atoms with Gasteiger partial charge < -0.3 is 38.7 Å². The van der Waals surface area contributed by atoms with Crippen LogP contribution in [0.15, 0.2) is 73.8 Å². The number of aromatic nitrogens is 5. The summed E-state index contributed by atoms with van der Waals surface area (Å²) in [5.74, 6) is 2.64. The number of rotatable bonds is 11. The Balaban J connectivity index is 0.00000242. The van der Waals surface area contributed by atoms with E-state index < -0.39 is 0 Å². The first-order valence-corrected chi connectivity index (χ1v) is 13.0. The third kappa shape index (κ3) is 7.91. The molecule has 11 heteroatoms. The van der Waals surface area contributed by atoms with Crippen LogP contribution in [-0.2, 0) is 11.8 Å². The number of aryl methyl sites for hydroxylation is 2. The van der Waals surface area contributed by atoms with Crippen LogP contribution in [0.25, 0.3) is 22.1 Å². The van der Waals surface area contributed by atoms with E-state index in [4.69, 9.17) is 9.72 Å². The van der Waals surface area contributed by atoms with Crippen molar-refractivity contribution in [2.24, 2.45) is 7.05 Å². The second kappa shape index (κ2) is 15.5. The number of anilines is 3. The largest absolute Gasteiger partial charge is 1.00 e. The molecule has 0 saturated carbocycles. The summed E-state index contributed by atoms with van der Waals surface area (Å²) in [7, 11) is 1.97. The zero-order chi connectivity index (χ0) is 28.1. The van der Waals surface area contributed by atoms with Gasteiger partial charge in [-0.25, -0.2) is 19.9 Å². The van der Waals surface area contributed by atoms with Gasteiger partial charge in [-0.2, -0.15) is 6.92 Å². The molecule has 2 N–H and O–H groups in total. The summed E-state index contributed by atoms with van der Waals surface area (Å²) >= 11 is 0. The smallest absolute Gasteiger partial charge is 0.457 e. The number of amides is 1. The molecule has 0 saturated heterocycles. The number of nitrogens with one attached hydrogen (secondary N) is 2. The average Bonchev–Trinajstić information content (AvgIpc) is 3.33. The zero-order valence-corrected chi connectivity index (χ0v) is 31.0. The van der Waals surface area contributed by atoms with E-state index in [1.807, 2.05) is 80.4 Å². The minimum Gasteiger partial charge on any atom is -0.457 e. The number of benzene rings is 2. The fraction of sp³-hybridized carbons (Fsp3) is 0.194. The van der Waals surface area contributed by atoms with Crippen LogP contribution in [0.2, 0.25) is 0 Å². The van der Waals surface area contributed by atoms with E-state index in [0.29, 0.717) is 31.0 Å². The number of carbonyl (C=O) groups excluding carboxylic acids is 1. The van der Waals surface area contributed by atoms with Gasteiger partial charge in [-0.05, 0) is 61.0 Å². The quantitative estimate of drug-likeness (QED) is 0.162. The molecule has 3 heterocycles. The summed E-state index contributed by atoms with van der Waals surface area (Å²) in [6.45, 7) is 9.21. The zero-order valence-electron chi connectivity index (χ0n) is 24.8. The van der Waals surface area contributed by atoms with Crippen LogP contribution in [0, 0.1) is 20.8 Å². The minimum absolute atomic E-state index is 0. The van der Waals surface area contributed by atoms with E-state index in [0.717, 1.165) is 45.1 Å². The van der Waals surface area contributed by atoms with Crippen molar-refractivity contribution >= 4 is 45.3 Å². The second-order valence-electron chi connectivity index (χ2n) is 9.32. The van der Waals surface area contributed by atoms with Crippen LogP contribution in [0.1, 0.15) is 12.5 Å². The van der Waals surface area contributed by atoms with Gasteiger partial charge in [-0.3, -0.25) is 4.79 Å². The molecule has 1 amide bonds. The number of imidazole rings is 1. The molecular weight excluding hydrogens is 649 g/mol. The molecule has 42 heavy (non-hydrogen) atoms. The first kappa shape index (κ1) is 33.6. The SMILES string of the molecule is C=CC(=O)NCCN(C[CH-]C)c1ccc2ncnc(Nc3ccc(Oc4ccc5c(c4)ncn5C)c(C)c3)c2n1.[CH3-].[Cs+]. The van der Waals surface area contributed by atoms with Crippen molar-refractivity contribution < 1.29 is 78.4 Å². The van der Waals surface area contributed by atoms with Crippen LogP contribution in [0.4, 0.5) is 17.3 Å². The van der Waals surface area contributed by atoms with Crippen molar-refractivity contribution in [3.8, 4) is 11.5 Å². The molecule has 10 nitrogen and oxygen atoms in total. The molecule has 0 radical (unpaired) electrons. The average molecular weight is 684 g/mol. The molecule has 5 rings (SSSR count). The van der Waals surface area contributed by atoms with Gasteiger partial charge in [-0.1, -0.05) is 6.58 Å². The number of ether oxygens (including phenoxy) is 1. The number of fused-ring (bicyclic) bond motifs is 2. The van der Waals surface area contributed by atoms with Crippen LogP contribution >= 0.6 is 0 Å². The Labute approximate surface area is 305 Å². The van der Waals surface area contributed by atoms with Crippen LogP contribution in [0.5, 0.6) is 11.5 Å². The summed E-state index contributed by atoms with van der Waals surface area (Å²) in [6, 6.07) is 15.6. The van der Waals surface area contributed by atoms with Crippen molar-refractivity contribution in [3.05, 3.63) is 93.3 Å². The monoisotopic (exact) mass is 683 g/mol. The van der Waals surface area contributed by atoms with E-state index in [-0.39, 0.29) is 82.2 Å². The maximum atomic E-state index is 11.6. The fourth-order valence-corrected chi connectivity index (χ4v) is 4.39. The van der Waals surface area contributed by atoms with Gasteiger partial charge in [0.15, 0.2) is 5.82 Å². The number of nitrogens with zero attached hydrogens (tertiary/aromatic N) is 6. The third-order valence-electron chi connectivity index (χ3n) is 6.42. The van der Waals surface area contributed by atoms with Gasteiger partial charge in [0.25, 0.3) is 0 Å². The molecule has 5 aromatic rings. The summed E-state index contributed by atoms with van der Waals surface area (Å²) in [6.07, 6.45) is 6.62. The Morgan fingerprint density at radius 3 is 2.71 bits per heavy atom. The predicted octanol–water partition coefficient (Wildman–Crippen LogP) is 2.54. The van der Waals surface area contributed by atoms with Crippen LogP contribution < -0.4 is 89.2 Å². The number of carbonyl (C=O) groups is 1. The number of hydrogen-bond donors (Lipinski definition) is 2. The Bertz CT molecular complexity index is 1690. The standard InChI is InChI=1S/C30H31N8O2.CH3.Cs/c1-5-14-38(15-13-31-28(39)6-2)27-12-9-23-29(36-27)30(33-18-32-23)35-21-7-11-26(20(3)16-21)40-22-8-10-25-24(17-22)34-19-37(25)4;;/h5-12,16-19H,2,13-15H2,1,3-4H3,(H,31,39)(H,32,33,35);1H3;/q2*-1;+1. The number of pyridine rings is 1. The molecule has 0 unspecified atom stereocenters. The predicted molar refractivity (Wildman–Crippen MR) is 164 cm³/mol. The van der Waals surface area contributed by atoms with E-state index >= 15 is 0 Å². The summed E-state index contributed by atoms with van der Waals surface area (Å²) in [5.41, 5.74) is 5.12. The molecule has 0 bridgehead atoms. The Morgan fingerprint density at radius 1 is 1.12 bits per heavy atom. The summed E-state index contributed by atoms with van der Waals surface area (Å²) in [5, 5.41) is 6.21. The van der Waals surface area contributed by atoms with Gasteiger partial charge in [0.2, 0.25) is 5.91 Å². The Morgan fingerprint density at radius 2 is 1.95 bits per heavy atom. The van der Waals surface area contributed by atoms with Gasteiger partial charge in [0, 0.05) is 31.9 Å². The van der Waals surface area contributed by atoms with Crippen molar-refractivity contribution in [1.29, 1.82) is 0 Å². The first-order chi connectivity index (χ1) is 19.4. The van der Waals surface area contributed by atoms with Gasteiger partial charge in [0.05, 0.1) is 22.9 Å². The third-order valence-corrected chi connectivity index (χ3v) is 6.42. The normalized spacial score (nSPS) is 10.5. The van der Waals surface area contributed by atoms with Crippen molar-refractivity contribution in [3.63, 3.8) is 0 Å². The molecule has 0 spiro atoms. The van der Waals surface area contributed by atoms with Crippen molar-refractivity contribution in [2.45, 2.75) is 13.8 Å². The molecule has 0 atom stereocenters. The molecule has 0 fully saturated rings. The van der Waals surface area contributed by atoms with Gasteiger partial charge in [-0.15, -0.1) is 6.54 Å². The van der Waals surface area contributed by atoms with Gasteiger partial charge >= 0.3 is 68.9 Å². The maximum absolute atomic E-state index is 11.6. The summed E-state index contributed by atoms with van der Waals surface area (Å²) in [4.78, 5) is 31.8. The van der Waals surface area contributed by atoms with Crippen molar-refractivity contribution in [2.75, 3.05) is 29.9 Å². The van der Waals surface area contributed by atoms with Crippen LogP contribution in [0.3, 0.4) is 0 Å². The number of hydrogen-bond acceptors (Lipinski definition) is 8. The maximum Gasteiger partial charge on any atom is 1.00 e. The van der Waals surface area contributed by atoms with Crippen LogP contribution in [-0.4, -0.2) is 50.0 Å². The van der Waals surface area contributed by atoms with E-state index in [9.17, 15) is 4.79 Å². The molecule has 3 aromatic heterocycles. The van der Waals surface area contributed by atoms with E-state index in [1.54, 1.807) is 6.33 Å². The minimum atomic E-state index is -0.201. The molecule has 2 aromatic carbocycles. The van der Waals surface area contributed by atoms with E-state index in [1.165, 1.54) is 12.4 Å². The van der Waals surface area contributed by atoms with E-state index in [2.05, 4.69) is 37.1 Å². The second-order valence-corrected chi connectivity index (χ2v) is 9.32. The topological polar surface area (TPSA) is 110 Å². The molecular formula is C31H34CsN8O2-. The molecule has 0 aliphatic heterocycles. The Hall–Kier alpha value is -2.94. The molecule has 212 valence electrons. The van der Waals surface area contributed by atoms with Gasteiger partial charge in [0.1, 0.15) is 29.2 Å². The Kier molecular flexibility index (Phi) is 12.4. The fourth-order valence-electron chi connectivity index (χ4n) is 4.39. The molecule has 0 aliphatic rings. The first-order valence-electron chi connectivity index (χ1n) is 13.0. The van der Waals surface area contributed by atoms with Crippen molar-refractivity contribution in [1.82, 2.24) is 29.8 Å².